The van der Waals surface area contributed by atoms with Crippen LogP contribution < -0.4 is 9.64 Å². The largest absolute Gasteiger partial charge is 0.494 e. The first kappa shape index (κ1) is 20.4. The molecule has 0 saturated carbocycles. The number of rotatable bonds is 5. The first-order chi connectivity index (χ1) is 13.0. The van der Waals surface area contributed by atoms with E-state index in [2.05, 4.69) is 4.98 Å². The van der Waals surface area contributed by atoms with E-state index in [1.54, 1.807) is 24.5 Å². The molecule has 2 aromatic heterocycles. The number of methoxy groups -OCH3 is 2. The third kappa shape index (κ3) is 4.25. The van der Waals surface area contributed by atoms with Crippen LogP contribution in [0.15, 0.2) is 42.7 Å². The van der Waals surface area contributed by atoms with Crippen LogP contribution in [0.1, 0.15) is 29.9 Å². The highest BCUT2D eigenvalue weighted by molar-refractivity contribution is 6.06. The zero-order chi connectivity index (χ0) is 20.0. The molecule has 0 radical (unpaired) electrons. The van der Waals surface area contributed by atoms with Gasteiger partial charge in [-0.2, -0.15) is 0 Å². The smallest absolute Gasteiger partial charge is 0.261 e. The minimum atomic E-state index is -0.494. The van der Waals surface area contributed by atoms with Crippen LogP contribution in [0.5, 0.6) is 5.75 Å². The summed E-state index contributed by atoms with van der Waals surface area (Å²) < 4.78 is 25.6. The van der Waals surface area contributed by atoms with Gasteiger partial charge in [-0.3, -0.25) is 9.69 Å². The van der Waals surface area contributed by atoms with E-state index in [-0.39, 0.29) is 18.4 Å². The molecular weight excluding hydrogens is 349 g/mol. The summed E-state index contributed by atoms with van der Waals surface area (Å²) in [5, 5.41) is 0. The molecule has 3 aromatic rings. The fourth-order valence-electron chi connectivity index (χ4n) is 2.58. The van der Waals surface area contributed by atoms with Crippen molar-refractivity contribution in [1.82, 2.24) is 9.38 Å². The van der Waals surface area contributed by atoms with Crippen LogP contribution in [0.2, 0.25) is 0 Å². The summed E-state index contributed by atoms with van der Waals surface area (Å²) in [5.74, 6) is -0.704. The van der Waals surface area contributed by atoms with Gasteiger partial charge in [0.15, 0.2) is 11.6 Å². The molecule has 3 rings (SSSR count). The zero-order valence-electron chi connectivity index (χ0n) is 16.2. The predicted molar refractivity (Wildman–Crippen MR) is 103 cm³/mol. The summed E-state index contributed by atoms with van der Waals surface area (Å²) >= 11 is 0. The third-order valence-electron chi connectivity index (χ3n) is 3.89. The number of halogens is 1. The lowest BCUT2D eigenvalue weighted by Crippen LogP contribution is -2.33. The quantitative estimate of drug-likeness (QED) is 0.633. The van der Waals surface area contributed by atoms with E-state index in [0.717, 1.165) is 11.3 Å². The number of nitrogens with zero attached hydrogens (tertiary/aromatic N) is 3. The molecule has 0 bridgehead atoms. The SMILES string of the molecule is CC.COCN(C(=O)c1ccc2ncc(C)n2c1)c1ccc(F)c(OC)c1. The molecular formula is C20H24FN3O3. The van der Waals surface area contributed by atoms with Gasteiger partial charge in [-0.15, -0.1) is 0 Å². The van der Waals surface area contributed by atoms with Crippen LogP contribution in [0.25, 0.3) is 5.65 Å². The number of pyridine rings is 1. The van der Waals surface area contributed by atoms with Gasteiger partial charge in [0.1, 0.15) is 12.4 Å². The average Bonchev–Trinajstić information content (AvgIpc) is 3.08. The Morgan fingerprint density at radius 1 is 1.22 bits per heavy atom. The van der Waals surface area contributed by atoms with Crippen LogP contribution in [0.4, 0.5) is 10.1 Å². The number of imidazole rings is 1. The second kappa shape index (κ2) is 9.14. The molecule has 0 spiro atoms. The van der Waals surface area contributed by atoms with Crippen LogP contribution in [0, 0.1) is 12.7 Å². The summed E-state index contributed by atoms with van der Waals surface area (Å²) in [6.07, 6.45) is 3.46. The van der Waals surface area contributed by atoms with Crippen molar-refractivity contribution in [3.05, 3.63) is 59.8 Å². The van der Waals surface area contributed by atoms with E-state index in [1.165, 1.54) is 37.3 Å². The van der Waals surface area contributed by atoms with Crippen LogP contribution in [0.3, 0.4) is 0 Å². The highest BCUT2D eigenvalue weighted by atomic mass is 19.1. The summed E-state index contributed by atoms with van der Waals surface area (Å²) in [5.41, 5.74) is 2.63. The fourth-order valence-corrected chi connectivity index (χ4v) is 2.58. The molecule has 0 unspecified atom stereocenters. The van der Waals surface area contributed by atoms with Gasteiger partial charge in [-0.05, 0) is 31.2 Å². The summed E-state index contributed by atoms with van der Waals surface area (Å²) in [7, 11) is 2.87. The number of hydrogen-bond acceptors (Lipinski definition) is 4. The minimum absolute atomic E-state index is 0.0224. The summed E-state index contributed by atoms with van der Waals surface area (Å²) in [6, 6.07) is 7.71. The molecule has 0 aliphatic rings. The molecule has 0 N–H and O–H groups in total. The average molecular weight is 373 g/mol. The molecule has 2 heterocycles. The van der Waals surface area contributed by atoms with E-state index in [1.807, 2.05) is 25.2 Å². The van der Waals surface area contributed by atoms with Gasteiger partial charge in [0.05, 0.1) is 18.4 Å². The maximum Gasteiger partial charge on any atom is 0.261 e. The van der Waals surface area contributed by atoms with E-state index in [4.69, 9.17) is 9.47 Å². The number of carbonyl (C=O) groups excluding carboxylic acids is 1. The van der Waals surface area contributed by atoms with E-state index < -0.39 is 5.82 Å². The Hall–Kier alpha value is -2.93. The number of carbonyl (C=O) groups is 1. The predicted octanol–water partition coefficient (Wildman–Crippen LogP) is 4.07. The van der Waals surface area contributed by atoms with Crippen molar-refractivity contribution in [1.29, 1.82) is 0 Å². The first-order valence-electron chi connectivity index (χ1n) is 8.63. The summed E-state index contributed by atoms with van der Waals surface area (Å²) in [4.78, 5) is 18.6. The Labute approximate surface area is 158 Å². The summed E-state index contributed by atoms with van der Waals surface area (Å²) in [6.45, 7) is 5.93. The lowest BCUT2D eigenvalue weighted by molar-refractivity contribution is 0.0936. The number of ether oxygens (including phenoxy) is 2. The number of hydrogen-bond donors (Lipinski definition) is 0. The maximum absolute atomic E-state index is 13.7. The van der Waals surface area contributed by atoms with Gasteiger partial charge in [0.2, 0.25) is 0 Å². The molecule has 27 heavy (non-hydrogen) atoms. The third-order valence-corrected chi connectivity index (χ3v) is 3.89. The van der Waals surface area contributed by atoms with Crippen molar-refractivity contribution in [2.45, 2.75) is 20.8 Å². The first-order valence-corrected chi connectivity index (χ1v) is 8.63. The molecule has 0 fully saturated rings. The van der Waals surface area contributed by atoms with Crippen molar-refractivity contribution in [2.24, 2.45) is 0 Å². The van der Waals surface area contributed by atoms with Gasteiger partial charge in [-0.1, -0.05) is 13.8 Å². The van der Waals surface area contributed by atoms with E-state index in [9.17, 15) is 9.18 Å². The van der Waals surface area contributed by atoms with Crippen molar-refractivity contribution in [3.63, 3.8) is 0 Å². The monoisotopic (exact) mass is 373 g/mol. The molecule has 1 amide bonds. The lowest BCUT2D eigenvalue weighted by Gasteiger charge is -2.22. The number of fused-ring (bicyclic) bond motifs is 1. The van der Waals surface area contributed by atoms with Gasteiger partial charge in [0.25, 0.3) is 5.91 Å². The Morgan fingerprint density at radius 2 is 1.96 bits per heavy atom. The number of aromatic nitrogens is 2. The molecule has 1 aromatic carbocycles. The van der Waals surface area contributed by atoms with Crippen LogP contribution in [-0.2, 0) is 4.74 Å². The van der Waals surface area contributed by atoms with Crippen molar-refractivity contribution < 1.29 is 18.7 Å². The molecule has 6 nitrogen and oxygen atoms in total. The second-order valence-electron chi connectivity index (χ2n) is 5.52. The van der Waals surface area contributed by atoms with Crippen LogP contribution >= 0.6 is 0 Å². The van der Waals surface area contributed by atoms with Crippen molar-refractivity contribution in [2.75, 3.05) is 25.9 Å². The standard InChI is InChI=1S/C18H18FN3O3.C2H6/c1-12-9-20-17-7-4-13(10-21(12)17)18(23)22(11-24-2)14-5-6-15(19)16(8-14)25-3;1-2/h4-10H,11H2,1-3H3;1-2H3. The van der Waals surface area contributed by atoms with Gasteiger partial charge >= 0.3 is 0 Å². The molecule has 144 valence electrons. The topological polar surface area (TPSA) is 56.1 Å². The Morgan fingerprint density at radius 3 is 2.63 bits per heavy atom. The molecule has 0 aliphatic heterocycles. The minimum Gasteiger partial charge on any atom is -0.494 e. The zero-order valence-corrected chi connectivity index (χ0v) is 16.2. The van der Waals surface area contributed by atoms with Gasteiger partial charge < -0.3 is 13.9 Å². The molecule has 7 heteroatoms. The molecule has 0 aliphatic carbocycles. The van der Waals surface area contributed by atoms with E-state index >= 15 is 0 Å². The number of aryl methyl sites for hydroxylation is 1. The molecule has 0 saturated heterocycles. The normalized spacial score (nSPS) is 10.3. The fraction of sp³-hybridized carbons (Fsp3) is 0.300. The Kier molecular flexibility index (Phi) is 6.90. The van der Waals surface area contributed by atoms with Crippen molar-refractivity contribution in [3.8, 4) is 5.75 Å². The number of amides is 1. The Balaban J connectivity index is 0.00000126. The number of anilines is 1. The maximum atomic E-state index is 13.7. The number of benzene rings is 1. The highest BCUT2D eigenvalue weighted by Gasteiger charge is 2.20. The van der Waals surface area contributed by atoms with E-state index in [0.29, 0.717) is 11.3 Å². The van der Waals surface area contributed by atoms with Crippen molar-refractivity contribution >= 4 is 17.2 Å². The second-order valence-corrected chi connectivity index (χ2v) is 5.52. The lowest BCUT2D eigenvalue weighted by atomic mass is 10.2. The highest BCUT2D eigenvalue weighted by Crippen LogP contribution is 2.26. The Bertz CT molecular complexity index is 924. The van der Waals surface area contributed by atoms with Gasteiger partial charge in [0, 0.05) is 31.3 Å². The van der Waals surface area contributed by atoms with Crippen LogP contribution in [-0.4, -0.2) is 36.2 Å². The molecule has 0 atom stereocenters. The van der Waals surface area contributed by atoms with Gasteiger partial charge in [-0.25, -0.2) is 9.37 Å².